The quantitative estimate of drug-likeness (QED) is 0.0707. The molecule has 4 unspecified atom stereocenters. The summed E-state index contributed by atoms with van der Waals surface area (Å²) in [7, 11) is 0. The van der Waals surface area contributed by atoms with Gasteiger partial charge in [-0.1, -0.05) is 0 Å². The molecule has 0 saturated heterocycles. The van der Waals surface area contributed by atoms with E-state index in [1.165, 1.54) is 0 Å². The van der Waals surface area contributed by atoms with Crippen molar-refractivity contribution >= 4 is 11.7 Å². The fraction of sp³-hybridized carbons (Fsp3) is 0.833. The molecule has 12 nitrogen and oxygen atoms in total. The first kappa shape index (κ1) is 22.6. The van der Waals surface area contributed by atoms with Gasteiger partial charge in [-0.05, 0) is 0 Å². The summed E-state index contributed by atoms with van der Waals surface area (Å²) in [4.78, 5) is 0. The highest BCUT2D eigenvalue weighted by atomic mass is 16.5. The minimum atomic E-state index is -1.68. The van der Waals surface area contributed by atoms with E-state index in [-0.39, 0.29) is 44.3 Å². The third-order valence-electron chi connectivity index (χ3n) is 3.04. The summed E-state index contributed by atoms with van der Waals surface area (Å²) in [5.41, 5.74) is 3.26. The molecule has 24 heavy (non-hydrogen) atoms. The van der Waals surface area contributed by atoms with Crippen LogP contribution < -0.4 is 11.0 Å². The van der Waals surface area contributed by atoms with Gasteiger partial charge in [0.2, 0.25) is 0 Å². The molecule has 0 spiro atoms. The summed E-state index contributed by atoms with van der Waals surface area (Å²) in [5, 5.41) is 69.2. The Morgan fingerprint density at radius 3 is 1.96 bits per heavy atom. The average Bonchev–Trinajstić information content (AvgIpc) is 2.60. The van der Waals surface area contributed by atoms with Crippen LogP contribution in [-0.2, 0) is 9.47 Å². The third-order valence-corrected chi connectivity index (χ3v) is 3.04. The zero-order chi connectivity index (χ0) is 18.5. The highest BCUT2D eigenvalue weighted by Gasteiger charge is 2.32. The van der Waals surface area contributed by atoms with Gasteiger partial charge in [-0.15, -0.1) is 0 Å². The van der Waals surface area contributed by atoms with E-state index < -0.39 is 31.0 Å². The predicted molar refractivity (Wildman–Crippen MR) is 80.2 cm³/mol. The Morgan fingerprint density at radius 1 is 0.917 bits per heavy atom. The molecule has 0 rings (SSSR count). The van der Waals surface area contributed by atoms with Crippen molar-refractivity contribution in [1.29, 1.82) is 10.8 Å². The average molecular weight is 354 g/mol. The summed E-state index contributed by atoms with van der Waals surface area (Å²) in [6, 6.07) is 0. The molecular formula is C12H26N4O8. The van der Waals surface area contributed by atoms with Crippen LogP contribution in [0.1, 0.15) is 12.8 Å². The van der Waals surface area contributed by atoms with Crippen LogP contribution in [0.2, 0.25) is 0 Å². The standard InChI is InChI=1S/C12H26N4O8/c13-9(15-21)1-3-23-6-8(24-4-2-10(14)16-22)12(20)11(19)7(18)5-17/h7-8,11-12,17-22H,1-6H2,(H2,13,15)(H2,14,16). The molecule has 0 amide bonds. The van der Waals surface area contributed by atoms with Crippen LogP contribution >= 0.6 is 0 Å². The van der Waals surface area contributed by atoms with Crippen molar-refractivity contribution in [3.05, 3.63) is 0 Å². The smallest absolute Gasteiger partial charge is 0.120 e. The van der Waals surface area contributed by atoms with E-state index in [0.29, 0.717) is 0 Å². The van der Waals surface area contributed by atoms with Gasteiger partial charge in [0, 0.05) is 12.8 Å². The van der Waals surface area contributed by atoms with Gasteiger partial charge < -0.3 is 29.9 Å². The molecule has 10 N–H and O–H groups in total. The number of hydroxylamine groups is 2. The van der Waals surface area contributed by atoms with Crippen LogP contribution in [0.5, 0.6) is 0 Å². The van der Waals surface area contributed by atoms with E-state index in [2.05, 4.69) is 0 Å². The molecule has 0 heterocycles. The van der Waals surface area contributed by atoms with Crippen molar-refractivity contribution in [2.45, 2.75) is 37.3 Å². The number of hydrogen-bond donors (Lipinski definition) is 10. The largest absolute Gasteiger partial charge is 0.394 e. The molecule has 0 aromatic rings. The Kier molecular flexibility index (Phi) is 12.2. The molecule has 142 valence electrons. The molecule has 0 aliphatic rings. The minimum absolute atomic E-state index is 0.00253. The number of amidine groups is 2. The molecule has 0 saturated carbocycles. The van der Waals surface area contributed by atoms with E-state index in [4.69, 9.17) is 35.8 Å². The van der Waals surface area contributed by atoms with E-state index in [1.807, 2.05) is 0 Å². The van der Waals surface area contributed by atoms with Crippen LogP contribution in [0.25, 0.3) is 0 Å². The highest BCUT2D eigenvalue weighted by Crippen LogP contribution is 2.10. The van der Waals surface area contributed by atoms with Crippen LogP contribution in [0.4, 0.5) is 0 Å². The highest BCUT2D eigenvalue weighted by molar-refractivity contribution is 5.77. The SMILES string of the molecule is N=C(CCOCC(OCCC(=N)NO)C(O)C(O)C(O)CO)NO. The number of aliphatic hydroxyl groups excluding tert-OH is 4. The number of ether oxygens (including phenoxy) is 2. The third kappa shape index (κ3) is 9.05. The summed E-state index contributed by atoms with van der Waals surface area (Å²) >= 11 is 0. The fourth-order valence-electron chi connectivity index (χ4n) is 1.60. The Morgan fingerprint density at radius 2 is 1.46 bits per heavy atom. The number of hydrogen-bond acceptors (Lipinski definition) is 10. The lowest BCUT2D eigenvalue weighted by Crippen LogP contribution is -2.48. The summed E-state index contributed by atoms with van der Waals surface area (Å²) < 4.78 is 10.5. The van der Waals surface area contributed by atoms with E-state index in [1.54, 1.807) is 11.0 Å². The van der Waals surface area contributed by atoms with Crippen molar-refractivity contribution in [3.63, 3.8) is 0 Å². The lowest BCUT2D eigenvalue weighted by Gasteiger charge is -2.29. The Labute approximate surface area is 138 Å². The number of aliphatic hydroxyl groups is 4. The molecule has 0 aromatic carbocycles. The topological polar surface area (TPSA) is 212 Å². The maximum atomic E-state index is 10.0. The zero-order valence-electron chi connectivity index (χ0n) is 13.1. The van der Waals surface area contributed by atoms with Crippen molar-refractivity contribution in [2.75, 3.05) is 26.4 Å². The maximum absolute atomic E-state index is 10.0. The maximum Gasteiger partial charge on any atom is 0.120 e. The number of nitrogens with one attached hydrogen (secondary N) is 4. The van der Waals surface area contributed by atoms with Gasteiger partial charge in [0.05, 0.1) is 26.4 Å². The monoisotopic (exact) mass is 354 g/mol. The molecule has 4 atom stereocenters. The van der Waals surface area contributed by atoms with Crippen LogP contribution in [-0.4, -0.2) is 93.4 Å². The second-order valence-corrected chi connectivity index (χ2v) is 4.90. The van der Waals surface area contributed by atoms with Crippen molar-refractivity contribution in [1.82, 2.24) is 11.0 Å². The van der Waals surface area contributed by atoms with E-state index in [9.17, 15) is 15.3 Å². The molecule has 12 heteroatoms. The summed E-state index contributed by atoms with van der Waals surface area (Å²) in [6.07, 6.45) is -5.87. The lowest BCUT2D eigenvalue weighted by molar-refractivity contribution is -0.146. The summed E-state index contributed by atoms with van der Waals surface area (Å²) in [6.45, 7) is -1.04. The molecule has 0 aliphatic heterocycles. The Bertz CT molecular complexity index is 373. The van der Waals surface area contributed by atoms with E-state index in [0.717, 1.165) is 0 Å². The number of rotatable bonds is 13. The van der Waals surface area contributed by atoms with Crippen LogP contribution in [0.3, 0.4) is 0 Å². The molecule has 0 aliphatic carbocycles. The van der Waals surface area contributed by atoms with Gasteiger partial charge in [-0.25, -0.2) is 0 Å². The molecule has 0 fully saturated rings. The van der Waals surface area contributed by atoms with Crippen LogP contribution in [0.15, 0.2) is 0 Å². The van der Waals surface area contributed by atoms with Gasteiger partial charge >= 0.3 is 0 Å². The molecule has 0 bridgehead atoms. The first-order valence-electron chi connectivity index (χ1n) is 7.16. The molecular weight excluding hydrogens is 328 g/mol. The van der Waals surface area contributed by atoms with Gasteiger partial charge in [-0.3, -0.25) is 32.2 Å². The Balaban J connectivity index is 4.51. The van der Waals surface area contributed by atoms with Crippen molar-refractivity contribution < 1.29 is 40.3 Å². The second kappa shape index (κ2) is 13.0. The van der Waals surface area contributed by atoms with E-state index >= 15 is 0 Å². The van der Waals surface area contributed by atoms with Crippen LogP contribution in [0, 0.1) is 10.8 Å². The fourth-order valence-corrected chi connectivity index (χ4v) is 1.60. The van der Waals surface area contributed by atoms with Gasteiger partial charge in [-0.2, -0.15) is 0 Å². The predicted octanol–water partition coefficient (Wildman–Crippen LogP) is -2.84. The summed E-state index contributed by atoms with van der Waals surface area (Å²) in [5.74, 6) is -0.395. The van der Waals surface area contributed by atoms with Crippen molar-refractivity contribution in [3.8, 4) is 0 Å². The Hall–Kier alpha value is -1.38. The van der Waals surface area contributed by atoms with Gasteiger partial charge in [0.1, 0.15) is 36.1 Å². The minimum Gasteiger partial charge on any atom is -0.394 e. The van der Waals surface area contributed by atoms with Gasteiger partial charge in [0.25, 0.3) is 0 Å². The second-order valence-electron chi connectivity index (χ2n) is 4.90. The lowest BCUT2D eigenvalue weighted by atomic mass is 10.0. The first-order chi connectivity index (χ1) is 11.4. The first-order valence-corrected chi connectivity index (χ1v) is 7.16. The zero-order valence-corrected chi connectivity index (χ0v) is 13.1. The van der Waals surface area contributed by atoms with Gasteiger partial charge in [0.15, 0.2) is 0 Å². The van der Waals surface area contributed by atoms with Crippen molar-refractivity contribution in [2.24, 2.45) is 0 Å². The molecule has 0 radical (unpaired) electrons. The normalized spacial score (nSPS) is 16.1. The molecule has 0 aromatic heterocycles.